The first kappa shape index (κ1) is 16.9. The van der Waals surface area contributed by atoms with Crippen molar-refractivity contribution in [1.29, 1.82) is 0 Å². The van der Waals surface area contributed by atoms with Gasteiger partial charge in [0.2, 0.25) is 0 Å². The van der Waals surface area contributed by atoms with Crippen molar-refractivity contribution in [3.63, 3.8) is 0 Å². The molecule has 0 bridgehead atoms. The molecule has 0 radical (unpaired) electrons. The smallest absolute Gasteiger partial charge is 0.0431 e. The summed E-state index contributed by atoms with van der Waals surface area (Å²) in [7, 11) is 2.27. The van der Waals surface area contributed by atoms with E-state index in [1.54, 1.807) is 0 Å². The molecule has 1 aliphatic carbocycles. The third-order valence-corrected chi connectivity index (χ3v) is 4.47. The molecule has 0 spiro atoms. The van der Waals surface area contributed by atoms with Gasteiger partial charge in [-0.05, 0) is 57.7 Å². The minimum atomic E-state index is 0.341. The van der Waals surface area contributed by atoms with Crippen molar-refractivity contribution in [2.45, 2.75) is 58.3 Å². The third-order valence-electron chi connectivity index (χ3n) is 4.47. The van der Waals surface area contributed by atoms with Crippen molar-refractivity contribution < 1.29 is 5.11 Å². The first-order chi connectivity index (χ1) is 9.22. The zero-order valence-corrected chi connectivity index (χ0v) is 13.1. The highest BCUT2D eigenvalue weighted by Gasteiger charge is 2.32. The number of aliphatic hydroxyl groups excluding tert-OH is 1. The van der Waals surface area contributed by atoms with E-state index in [1.165, 1.54) is 58.2 Å². The van der Waals surface area contributed by atoms with E-state index in [4.69, 9.17) is 5.11 Å². The van der Waals surface area contributed by atoms with Gasteiger partial charge in [-0.3, -0.25) is 0 Å². The first-order valence-corrected chi connectivity index (χ1v) is 8.22. The molecule has 1 fully saturated rings. The first-order valence-electron chi connectivity index (χ1n) is 8.22. The van der Waals surface area contributed by atoms with E-state index in [1.807, 2.05) is 0 Å². The fourth-order valence-corrected chi connectivity index (χ4v) is 3.40. The molecule has 0 amide bonds. The van der Waals surface area contributed by atoms with Crippen LogP contribution >= 0.6 is 0 Å². The van der Waals surface area contributed by atoms with E-state index in [2.05, 4.69) is 24.2 Å². The van der Waals surface area contributed by atoms with Crippen LogP contribution < -0.4 is 5.32 Å². The molecule has 1 saturated carbocycles. The third kappa shape index (κ3) is 6.73. The number of rotatable bonds is 10. The van der Waals surface area contributed by atoms with Crippen LogP contribution in [0.2, 0.25) is 0 Å². The van der Waals surface area contributed by atoms with E-state index < -0.39 is 0 Å². The van der Waals surface area contributed by atoms with Gasteiger partial charge in [-0.25, -0.2) is 0 Å². The van der Waals surface area contributed by atoms with Crippen LogP contribution in [0.15, 0.2) is 0 Å². The topological polar surface area (TPSA) is 35.5 Å². The molecular formula is C16H34N2O. The molecule has 0 atom stereocenters. The van der Waals surface area contributed by atoms with Crippen LogP contribution in [0.25, 0.3) is 0 Å². The van der Waals surface area contributed by atoms with Crippen LogP contribution in [0.3, 0.4) is 0 Å². The van der Waals surface area contributed by atoms with Gasteiger partial charge >= 0.3 is 0 Å². The summed E-state index contributed by atoms with van der Waals surface area (Å²) in [6.45, 7) is 7.22. The SMILES string of the molecule is CCNCC1(CN(C)CCCCCO)CCCCC1. The number of unbranched alkanes of at least 4 members (excludes halogenated alkanes) is 2. The molecule has 0 unspecified atom stereocenters. The van der Waals surface area contributed by atoms with Gasteiger partial charge in [-0.2, -0.15) is 0 Å². The van der Waals surface area contributed by atoms with Gasteiger partial charge in [0.05, 0.1) is 0 Å². The Morgan fingerprint density at radius 1 is 1.11 bits per heavy atom. The standard InChI is InChI=1S/C16H34N2O/c1-3-17-14-16(10-6-4-7-11-16)15-18(2)12-8-5-9-13-19/h17,19H,3-15H2,1-2H3. The molecule has 0 aromatic heterocycles. The van der Waals surface area contributed by atoms with Gasteiger partial charge in [0.15, 0.2) is 0 Å². The fraction of sp³-hybridized carbons (Fsp3) is 1.00. The van der Waals surface area contributed by atoms with Gasteiger partial charge in [0, 0.05) is 19.7 Å². The Labute approximate surface area is 119 Å². The molecule has 1 aliphatic rings. The summed E-state index contributed by atoms with van der Waals surface area (Å²) < 4.78 is 0. The van der Waals surface area contributed by atoms with Gasteiger partial charge in [0.25, 0.3) is 0 Å². The van der Waals surface area contributed by atoms with Gasteiger partial charge in [0.1, 0.15) is 0 Å². The van der Waals surface area contributed by atoms with Crippen LogP contribution in [0.5, 0.6) is 0 Å². The Hall–Kier alpha value is -0.120. The quantitative estimate of drug-likeness (QED) is 0.599. The highest BCUT2D eigenvalue weighted by atomic mass is 16.2. The molecule has 0 aromatic rings. The highest BCUT2D eigenvalue weighted by Crippen LogP contribution is 2.36. The second-order valence-electron chi connectivity index (χ2n) is 6.36. The van der Waals surface area contributed by atoms with Crippen molar-refractivity contribution in [2.24, 2.45) is 5.41 Å². The van der Waals surface area contributed by atoms with Crippen LogP contribution in [0, 0.1) is 5.41 Å². The van der Waals surface area contributed by atoms with Crippen molar-refractivity contribution in [3.8, 4) is 0 Å². The average Bonchev–Trinajstić information content (AvgIpc) is 2.42. The molecule has 0 aromatic carbocycles. The lowest BCUT2D eigenvalue weighted by molar-refractivity contribution is 0.116. The minimum Gasteiger partial charge on any atom is -0.396 e. The van der Waals surface area contributed by atoms with Crippen molar-refractivity contribution in [2.75, 3.05) is 39.8 Å². The van der Waals surface area contributed by atoms with Crippen LogP contribution in [0.1, 0.15) is 58.3 Å². The Balaban J connectivity index is 2.33. The second-order valence-corrected chi connectivity index (χ2v) is 6.36. The van der Waals surface area contributed by atoms with Gasteiger partial charge in [-0.15, -0.1) is 0 Å². The number of aliphatic hydroxyl groups is 1. The maximum absolute atomic E-state index is 8.81. The van der Waals surface area contributed by atoms with E-state index >= 15 is 0 Å². The number of hydrogen-bond donors (Lipinski definition) is 2. The Bertz CT molecular complexity index is 215. The predicted octanol–water partition coefficient (Wildman–Crippen LogP) is 2.64. The summed E-state index contributed by atoms with van der Waals surface area (Å²) in [4.78, 5) is 2.51. The zero-order chi connectivity index (χ0) is 14.0. The summed E-state index contributed by atoms with van der Waals surface area (Å²) in [5.41, 5.74) is 0.514. The Morgan fingerprint density at radius 2 is 1.84 bits per heavy atom. The summed E-state index contributed by atoms with van der Waals surface area (Å²) >= 11 is 0. The summed E-state index contributed by atoms with van der Waals surface area (Å²) in [5, 5.41) is 12.4. The van der Waals surface area contributed by atoms with E-state index in [0.29, 0.717) is 12.0 Å². The monoisotopic (exact) mass is 270 g/mol. The van der Waals surface area contributed by atoms with Crippen LogP contribution in [-0.2, 0) is 0 Å². The van der Waals surface area contributed by atoms with Crippen molar-refractivity contribution in [1.82, 2.24) is 10.2 Å². The van der Waals surface area contributed by atoms with E-state index in [0.717, 1.165) is 19.4 Å². The maximum atomic E-state index is 8.81. The van der Waals surface area contributed by atoms with Crippen molar-refractivity contribution >= 4 is 0 Å². The fourth-order valence-electron chi connectivity index (χ4n) is 3.40. The van der Waals surface area contributed by atoms with Crippen LogP contribution in [-0.4, -0.2) is 49.8 Å². The van der Waals surface area contributed by atoms with Crippen LogP contribution in [0.4, 0.5) is 0 Å². The molecule has 0 saturated heterocycles. The van der Waals surface area contributed by atoms with E-state index in [9.17, 15) is 0 Å². The predicted molar refractivity (Wildman–Crippen MR) is 82.5 cm³/mol. The number of hydrogen-bond acceptors (Lipinski definition) is 3. The summed E-state index contributed by atoms with van der Waals surface area (Å²) in [6.07, 6.45) is 10.3. The normalized spacial score (nSPS) is 18.9. The molecule has 0 aliphatic heterocycles. The number of nitrogens with one attached hydrogen (secondary N) is 1. The molecule has 114 valence electrons. The lowest BCUT2D eigenvalue weighted by Crippen LogP contribution is -2.44. The second kappa shape index (κ2) is 9.73. The lowest BCUT2D eigenvalue weighted by Gasteiger charge is -2.40. The summed E-state index contributed by atoms with van der Waals surface area (Å²) in [5.74, 6) is 0. The molecular weight excluding hydrogens is 236 g/mol. The average molecular weight is 270 g/mol. The maximum Gasteiger partial charge on any atom is 0.0431 e. The molecule has 2 N–H and O–H groups in total. The van der Waals surface area contributed by atoms with E-state index in [-0.39, 0.29) is 0 Å². The lowest BCUT2D eigenvalue weighted by atomic mass is 9.73. The molecule has 1 rings (SSSR count). The molecule has 19 heavy (non-hydrogen) atoms. The zero-order valence-electron chi connectivity index (χ0n) is 13.1. The highest BCUT2D eigenvalue weighted by molar-refractivity contribution is 4.87. The van der Waals surface area contributed by atoms with Gasteiger partial charge < -0.3 is 15.3 Å². The minimum absolute atomic E-state index is 0.341. The number of nitrogens with zero attached hydrogens (tertiary/aromatic N) is 1. The molecule has 3 heteroatoms. The Kier molecular flexibility index (Phi) is 8.67. The van der Waals surface area contributed by atoms with Gasteiger partial charge in [-0.1, -0.05) is 26.2 Å². The summed E-state index contributed by atoms with van der Waals surface area (Å²) in [6, 6.07) is 0. The largest absolute Gasteiger partial charge is 0.396 e. The molecule has 3 nitrogen and oxygen atoms in total. The molecule has 0 heterocycles. The Morgan fingerprint density at radius 3 is 2.47 bits per heavy atom. The van der Waals surface area contributed by atoms with Crippen molar-refractivity contribution in [3.05, 3.63) is 0 Å².